The minimum absolute atomic E-state index is 0.483. The van der Waals surface area contributed by atoms with Crippen LogP contribution in [0.25, 0.3) is 0 Å². The molecule has 18 heavy (non-hydrogen) atoms. The number of hydrogen-bond acceptors (Lipinski definition) is 2. The van der Waals surface area contributed by atoms with Gasteiger partial charge in [0.2, 0.25) is 0 Å². The molecule has 0 amide bonds. The van der Waals surface area contributed by atoms with E-state index in [-0.39, 0.29) is 0 Å². The lowest BCUT2D eigenvalue weighted by Crippen LogP contribution is -2.12. The summed E-state index contributed by atoms with van der Waals surface area (Å²) in [4.78, 5) is 0. The maximum Gasteiger partial charge on any atom is 0.0962 e. The van der Waals surface area contributed by atoms with Crippen LogP contribution in [0.3, 0.4) is 0 Å². The van der Waals surface area contributed by atoms with Crippen LogP contribution in [-0.2, 0) is 0 Å². The molecule has 1 unspecified atom stereocenters. The molecule has 0 heterocycles. The molecule has 2 N–H and O–H groups in total. The third kappa shape index (κ3) is 3.34. The van der Waals surface area contributed by atoms with Crippen LogP contribution in [0.1, 0.15) is 22.8 Å². The van der Waals surface area contributed by atoms with Gasteiger partial charge in [-0.15, -0.1) is 0 Å². The molecule has 1 atom stereocenters. The fourth-order valence-corrected chi connectivity index (χ4v) is 2.09. The third-order valence-corrected chi connectivity index (χ3v) is 2.90. The zero-order valence-corrected chi connectivity index (χ0v) is 10.9. The zero-order chi connectivity index (χ0) is 13.0. The van der Waals surface area contributed by atoms with Crippen molar-refractivity contribution in [3.8, 4) is 0 Å². The summed E-state index contributed by atoms with van der Waals surface area (Å²) in [7, 11) is 0. The molecule has 0 bridgehead atoms. The first kappa shape index (κ1) is 12.7. The van der Waals surface area contributed by atoms with Gasteiger partial charge in [0.15, 0.2) is 0 Å². The molecule has 0 saturated heterocycles. The standard InChI is InChI=1S/C16H19NO/c1-12-8-13(2)10-14(9-12)16(18)11-17-15-6-4-3-5-7-15/h3-10,16-18H,11H2,1-2H3. The maximum absolute atomic E-state index is 10.2. The molecule has 0 aliphatic rings. The van der Waals surface area contributed by atoms with E-state index in [1.54, 1.807) is 0 Å². The van der Waals surface area contributed by atoms with Gasteiger partial charge >= 0.3 is 0 Å². The van der Waals surface area contributed by atoms with Gasteiger partial charge in [-0.1, -0.05) is 47.5 Å². The Morgan fingerprint density at radius 2 is 1.61 bits per heavy atom. The van der Waals surface area contributed by atoms with E-state index in [0.29, 0.717) is 6.54 Å². The third-order valence-electron chi connectivity index (χ3n) is 2.90. The highest BCUT2D eigenvalue weighted by atomic mass is 16.3. The van der Waals surface area contributed by atoms with Crippen molar-refractivity contribution in [1.29, 1.82) is 0 Å². The largest absolute Gasteiger partial charge is 0.387 e. The smallest absolute Gasteiger partial charge is 0.0962 e. The SMILES string of the molecule is Cc1cc(C)cc(C(O)CNc2ccccc2)c1. The van der Waals surface area contributed by atoms with Crippen molar-refractivity contribution < 1.29 is 5.11 Å². The van der Waals surface area contributed by atoms with E-state index in [2.05, 4.69) is 11.4 Å². The van der Waals surface area contributed by atoms with Gasteiger partial charge in [0.05, 0.1) is 6.10 Å². The Bertz CT molecular complexity index is 488. The second-order valence-corrected chi connectivity index (χ2v) is 4.68. The molecule has 2 aromatic carbocycles. The Balaban J connectivity index is 2.01. The van der Waals surface area contributed by atoms with Crippen molar-refractivity contribution in [2.24, 2.45) is 0 Å². The molecule has 2 rings (SSSR count). The molecule has 0 aliphatic carbocycles. The van der Waals surface area contributed by atoms with Crippen LogP contribution in [-0.4, -0.2) is 11.7 Å². The Labute approximate surface area is 108 Å². The molecule has 2 nitrogen and oxygen atoms in total. The number of aliphatic hydroxyl groups excluding tert-OH is 1. The summed E-state index contributed by atoms with van der Waals surface area (Å²) in [5.74, 6) is 0. The van der Waals surface area contributed by atoms with Crippen molar-refractivity contribution in [3.05, 3.63) is 65.2 Å². The highest BCUT2D eigenvalue weighted by Gasteiger charge is 2.08. The molecular formula is C16H19NO. The van der Waals surface area contributed by atoms with Gasteiger partial charge in [-0.05, 0) is 31.5 Å². The van der Waals surface area contributed by atoms with Crippen LogP contribution >= 0.6 is 0 Å². The van der Waals surface area contributed by atoms with Crippen LogP contribution in [0.15, 0.2) is 48.5 Å². The number of nitrogens with one attached hydrogen (secondary N) is 1. The number of aryl methyl sites for hydroxylation is 2. The van der Waals surface area contributed by atoms with Gasteiger partial charge in [0.1, 0.15) is 0 Å². The Kier molecular flexibility index (Phi) is 4.00. The summed E-state index contributed by atoms with van der Waals surface area (Å²) < 4.78 is 0. The second-order valence-electron chi connectivity index (χ2n) is 4.68. The fourth-order valence-electron chi connectivity index (χ4n) is 2.09. The van der Waals surface area contributed by atoms with E-state index in [1.165, 1.54) is 11.1 Å². The summed E-state index contributed by atoms with van der Waals surface area (Å²) in [6.07, 6.45) is -0.483. The first-order valence-electron chi connectivity index (χ1n) is 6.20. The maximum atomic E-state index is 10.2. The highest BCUT2D eigenvalue weighted by molar-refractivity contribution is 5.43. The van der Waals surface area contributed by atoms with E-state index in [4.69, 9.17) is 0 Å². The van der Waals surface area contributed by atoms with Crippen molar-refractivity contribution >= 4 is 5.69 Å². The molecular weight excluding hydrogens is 222 g/mol. The zero-order valence-electron chi connectivity index (χ0n) is 10.9. The van der Waals surface area contributed by atoms with Gasteiger partial charge < -0.3 is 10.4 Å². The van der Waals surface area contributed by atoms with E-state index in [1.807, 2.05) is 56.3 Å². The number of hydrogen-bond donors (Lipinski definition) is 2. The van der Waals surface area contributed by atoms with Crippen molar-refractivity contribution in [3.63, 3.8) is 0 Å². The van der Waals surface area contributed by atoms with Gasteiger partial charge in [-0.3, -0.25) is 0 Å². The monoisotopic (exact) mass is 241 g/mol. The lowest BCUT2D eigenvalue weighted by molar-refractivity contribution is 0.191. The molecule has 2 aromatic rings. The van der Waals surface area contributed by atoms with Crippen LogP contribution in [0.2, 0.25) is 0 Å². The first-order valence-corrected chi connectivity index (χ1v) is 6.20. The number of para-hydroxylation sites is 1. The minimum atomic E-state index is -0.483. The summed E-state index contributed by atoms with van der Waals surface area (Å²) in [6, 6.07) is 16.1. The Hall–Kier alpha value is -1.80. The van der Waals surface area contributed by atoms with Gasteiger partial charge in [0.25, 0.3) is 0 Å². The van der Waals surface area contributed by atoms with Crippen LogP contribution in [0.5, 0.6) is 0 Å². The molecule has 0 fully saturated rings. The van der Waals surface area contributed by atoms with Gasteiger partial charge in [0, 0.05) is 12.2 Å². The summed E-state index contributed by atoms with van der Waals surface area (Å²) in [5, 5.41) is 13.4. The highest BCUT2D eigenvalue weighted by Crippen LogP contribution is 2.17. The lowest BCUT2D eigenvalue weighted by atomic mass is 10.0. The summed E-state index contributed by atoms with van der Waals surface area (Å²) in [5.41, 5.74) is 4.37. The number of aliphatic hydroxyl groups is 1. The fraction of sp³-hybridized carbons (Fsp3) is 0.250. The Morgan fingerprint density at radius 3 is 2.22 bits per heavy atom. The predicted molar refractivity (Wildman–Crippen MR) is 75.8 cm³/mol. The van der Waals surface area contributed by atoms with Gasteiger partial charge in [-0.25, -0.2) is 0 Å². The molecule has 0 spiro atoms. The van der Waals surface area contributed by atoms with Crippen molar-refractivity contribution in [2.75, 3.05) is 11.9 Å². The van der Waals surface area contributed by atoms with Gasteiger partial charge in [-0.2, -0.15) is 0 Å². The predicted octanol–water partition coefficient (Wildman–Crippen LogP) is 3.45. The van der Waals surface area contributed by atoms with E-state index >= 15 is 0 Å². The first-order chi connectivity index (χ1) is 8.65. The number of benzene rings is 2. The van der Waals surface area contributed by atoms with E-state index in [0.717, 1.165) is 11.3 Å². The molecule has 0 aliphatic heterocycles. The molecule has 2 heteroatoms. The lowest BCUT2D eigenvalue weighted by Gasteiger charge is -2.14. The van der Waals surface area contributed by atoms with Crippen LogP contribution in [0.4, 0.5) is 5.69 Å². The number of rotatable bonds is 4. The normalized spacial score (nSPS) is 12.2. The molecule has 0 saturated carbocycles. The minimum Gasteiger partial charge on any atom is -0.387 e. The topological polar surface area (TPSA) is 32.3 Å². The van der Waals surface area contributed by atoms with E-state index < -0.39 is 6.10 Å². The number of anilines is 1. The summed E-state index contributed by atoms with van der Waals surface area (Å²) in [6.45, 7) is 4.62. The van der Waals surface area contributed by atoms with Crippen molar-refractivity contribution in [1.82, 2.24) is 0 Å². The quantitative estimate of drug-likeness (QED) is 0.859. The second kappa shape index (κ2) is 5.69. The average molecular weight is 241 g/mol. The van der Waals surface area contributed by atoms with E-state index in [9.17, 15) is 5.11 Å². The molecule has 0 aromatic heterocycles. The van der Waals surface area contributed by atoms with Crippen LogP contribution in [0, 0.1) is 13.8 Å². The Morgan fingerprint density at radius 1 is 1.00 bits per heavy atom. The average Bonchev–Trinajstić information content (AvgIpc) is 2.36. The summed E-state index contributed by atoms with van der Waals surface area (Å²) >= 11 is 0. The molecule has 0 radical (unpaired) electrons. The van der Waals surface area contributed by atoms with Crippen molar-refractivity contribution in [2.45, 2.75) is 20.0 Å². The molecule has 94 valence electrons. The van der Waals surface area contributed by atoms with Crippen LogP contribution < -0.4 is 5.32 Å².